The molecule has 0 heterocycles. The third-order valence-corrected chi connectivity index (χ3v) is 7.31. The Balaban J connectivity index is 2.78. The summed E-state index contributed by atoms with van der Waals surface area (Å²) >= 11 is 0. The van der Waals surface area contributed by atoms with E-state index in [1.165, 1.54) is 5.57 Å². The molecule has 0 atom stereocenters. The van der Waals surface area contributed by atoms with Crippen LogP contribution in [0.15, 0.2) is 83.2 Å². The summed E-state index contributed by atoms with van der Waals surface area (Å²) in [5.74, 6) is 0. The summed E-state index contributed by atoms with van der Waals surface area (Å²) in [4.78, 5) is 0. The van der Waals surface area contributed by atoms with E-state index in [4.69, 9.17) is 0 Å². The van der Waals surface area contributed by atoms with Crippen LogP contribution in [0.1, 0.15) is 27.7 Å². The average molecular weight is 310 g/mol. The maximum Gasteiger partial charge on any atom is 0.170 e. The minimum Gasteiger partial charge on any atom is -0.309 e. The molecular weight excluding hydrogens is 287 g/mol. The second-order valence-electron chi connectivity index (χ2n) is 5.58. The first kappa shape index (κ1) is 16.5. The molecule has 0 saturated carbocycles. The van der Waals surface area contributed by atoms with Gasteiger partial charge in [0.1, 0.15) is 0 Å². The molecule has 0 aromatic heterocycles. The summed E-state index contributed by atoms with van der Waals surface area (Å²) in [6.45, 7) is 8.17. The highest BCUT2D eigenvalue weighted by Gasteiger charge is 2.32. The molecule has 0 bridgehead atoms. The molecule has 0 fully saturated rings. The van der Waals surface area contributed by atoms with E-state index in [-0.39, 0.29) is 0 Å². The first-order valence-corrected chi connectivity index (χ1v) is 9.25. The number of hydrogen-bond acceptors (Lipinski definition) is 1. The predicted molar refractivity (Wildman–Crippen MR) is 97.6 cm³/mol. The first-order chi connectivity index (χ1) is 10.5. The normalized spacial score (nSPS) is 12.1. The monoisotopic (exact) mass is 310 g/mol. The van der Waals surface area contributed by atoms with E-state index in [0.717, 1.165) is 21.5 Å². The number of rotatable bonds is 4. The van der Waals surface area contributed by atoms with E-state index in [0.29, 0.717) is 0 Å². The maximum atomic E-state index is 14.2. The third-order valence-electron chi connectivity index (χ3n) is 3.99. The Morgan fingerprint density at radius 1 is 0.818 bits per heavy atom. The molecule has 22 heavy (non-hydrogen) atoms. The van der Waals surface area contributed by atoms with Gasteiger partial charge in [0.2, 0.25) is 0 Å². The van der Waals surface area contributed by atoms with Crippen LogP contribution in [0.3, 0.4) is 0 Å². The predicted octanol–water partition coefficient (Wildman–Crippen LogP) is 5.26. The van der Waals surface area contributed by atoms with Crippen LogP contribution in [0.4, 0.5) is 0 Å². The molecule has 2 aromatic rings. The maximum absolute atomic E-state index is 14.2. The first-order valence-electron chi connectivity index (χ1n) is 7.54. The standard InChI is InChI=1S/C20H23OP/c1-5-20(17(4)16(2)3)22(21,18-12-8-6-9-13-18)19-14-10-7-11-15-19/h5-15H,1-4H3/b20-5+. The molecule has 0 N–H and O–H groups in total. The highest BCUT2D eigenvalue weighted by atomic mass is 31.2. The van der Waals surface area contributed by atoms with Crippen molar-refractivity contribution in [3.8, 4) is 0 Å². The van der Waals surface area contributed by atoms with E-state index >= 15 is 0 Å². The fraction of sp³-hybridized carbons (Fsp3) is 0.200. The second kappa shape index (κ2) is 6.94. The Morgan fingerprint density at radius 2 is 1.23 bits per heavy atom. The lowest BCUT2D eigenvalue weighted by molar-refractivity contribution is 0.590. The van der Waals surface area contributed by atoms with Gasteiger partial charge in [0, 0.05) is 15.9 Å². The van der Waals surface area contributed by atoms with Gasteiger partial charge in [0.25, 0.3) is 0 Å². The molecule has 2 aromatic carbocycles. The summed E-state index contributed by atoms with van der Waals surface area (Å²) in [5.41, 5.74) is 2.30. The van der Waals surface area contributed by atoms with Gasteiger partial charge >= 0.3 is 0 Å². The molecule has 0 aliphatic carbocycles. The van der Waals surface area contributed by atoms with Crippen molar-refractivity contribution < 1.29 is 4.57 Å². The summed E-state index contributed by atoms with van der Waals surface area (Å²) in [6.07, 6.45) is 2.00. The zero-order valence-corrected chi connectivity index (χ0v) is 14.6. The van der Waals surface area contributed by atoms with Crippen LogP contribution in [-0.4, -0.2) is 0 Å². The van der Waals surface area contributed by atoms with Gasteiger partial charge in [-0.05, 0) is 33.3 Å². The number of hydrogen-bond donors (Lipinski definition) is 0. The lowest BCUT2D eigenvalue weighted by atomic mass is 10.1. The lowest BCUT2D eigenvalue weighted by Crippen LogP contribution is -2.18. The van der Waals surface area contributed by atoms with E-state index in [9.17, 15) is 4.57 Å². The Labute approximate surface area is 133 Å². The van der Waals surface area contributed by atoms with Crippen molar-refractivity contribution in [3.05, 3.63) is 83.2 Å². The van der Waals surface area contributed by atoms with Gasteiger partial charge < -0.3 is 4.57 Å². The molecule has 0 radical (unpaired) electrons. The van der Waals surface area contributed by atoms with E-state index in [2.05, 4.69) is 20.8 Å². The molecule has 0 amide bonds. The summed E-state index contributed by atoms with van der Waals surface area (Å²) < 4.78 is 14.2. The molecule has 0 aliphatic rings. The third kappa shape index (κ3) is 3.00. The molecule has 0 aliphatic heterocycles. The quantitative estimate of drug-likeness (QED) is 0.556. The summed E-state index contributed by atoms with van der Waals surface area (Å²) in [7, 11) is -2.84. The zero-order valence-electron chi connectivity index (χ0n) is 13.7. The summed E-state index contributed by atoms with van der Waals surface area (Å²) in [5, 5.41) is 2.70. The molecule has 0 unspecified atom stereocenters. The van der Waals surface area contributed by atoms with E-state index in [1.807, 2.05) is 73.7 Å². The van der Waals surface area contributed by atoms with Crippen molar-refractivity contribution >= 4 is 17.8 Å². The Kier molecular flexibility index (Phi) is 5.21. The van der Waals surface area contributed by atoms with Crippen LogP contribution < -0.4 is 10.6 Å². The van der Waals surface area contributed by atoms with Crippen LogP contribution in [0.5, 0.6) is 0 Å². The van der Waals surface area contributed by atoms with Crippen molar-refractivity contribution in [2.45, 2.75) is 27.7 Å². The van der Waals surface area contributed by atoms with Gasteiger partial charge in [0.05, 0.1) is 0 Å². The second-order valence-corrected chi connectivity index (χ2v) is 8.31. The van der Waals surface area contributed by atoms with Gasteiger partial charge in [-0.2, -0.15) is 0 Å². The van der Waals surface area contributed by atoms with Crippen LogP contribution in [0.2, 0.25) is 0 Å². The molecule has 0 saturated heterocycles. The average Bonchev–Trinajstić information content (AvgIpc) is 2.56. The SMILES string of the molecule is C/C=C(\C(C)=C(C)C)P(=O)(c1ccccc1)c1ccccc1. The minimum atomic E-state index is -2.84. The van der Waals surface area contributed by atoms with Crippen molar-refractivity contribution in [1.82, 2.24) is 0 Å². The van der Waals surface area contributed by atoms with Crippen LogP contribution in [0, 0.1) is 0 Å². The van der Waals surface area contributed by atoms with Crippen molar-refractivity contribution in [1.29, 1.82) is 0 Å². The zero-order chi connectivity index (χ0) is 16.2. The van der Waals surface area contributed by atoms with Crippen LogP contribution in [0.25, 0.3) is 0 Å². The fourth-order valence-electron chi connectivity index (χ4n) is 2.59. The van der Waals surface area contributed by atoms with Crippen molar-refractivity contribution in [2.75, 3.05) is 0 Å². The fourth-order valence-corrected chi connectivity index (χ4v) is 5.69. The smallest absolute Gasteiger partial charge is 0.170 e. The largest absolute Gasteiger partial charge is 0.309 e. The van der Waals surface area contributed by atoms with Gasteiger partial charge in [-0.3, -0.25) is 0 Å². The highest BCUT2D eigenvalue weighted by molar-refractivity contribution is 7.82. The van der Waals surface area contributed by atoms with Crippen LogP contribution >= 0.6 is 7.14 Å². The van der Waals surface area contributed by atoms with Crippen LogP contribution in [-0.2, 0) is 4.57 Å². The van der Waals surface area contributed by atoms with Crippen molar-refractivity contribution in [2.24, 2.45) is 0 Å². The molecule has 2 rings (SSSR count). The highest BCUT2D eigenvalue weighted by Crippen LogP contribution is 2.54. The molecule has 2 heteroatoms. The molecule has 1 nitrogen and oxygen atoms in total. The van der Waals surface area contributed by atoms with Gasteiger partial charge in [-0.25, -0.2) is 0 Å². The van der Waals surface area contributed by atoms with E-state index < -0.39 is 7.14 Å². The number of allylic oxidation sites excluding steroid dienone is 4. The lowest BCUT2D eigenvalue weighted by Gasteiger charge is -2.24. The number of benzene rings is 2. The molecule has 0 spiro atoms. The summed E-state index contributed by atoms with van der Waals surface area (Å²) in [6, 6.07) is 19.6. The van der Waals surface area contributed by atoms with Gasteiger partial charge in [-0.1, -0.05) is 72.3 Å². The minimum absolute atomic E-state index is 0.884. The Morgan fingerprint density at radius 3 is 1.55 bits per heavy atom. The Bertz CT molecular complexity index is 692. The van der Waals surface area contributed by atoms with E-state index in [1.54, 1.807) is 0 Å². The molecular formula is C20H23OP. The Hall–Kier alpha value is -1.85. The van der Waals surface area contributed by atoms with Crippen molar-refractivity contribution in [3.63, 3.8) is 0 Å². The van der Waals surface area contributed by atoms with Gasteiger partial charge in [-0.15, -0.1) is 0 Å². The topological polar surface area (TPSA) is 17.1 Å². The van der Waals surface area contributed by atoms with Gasteiger partial charge in [0.15, 0.2) is 7.14 Å². The molecule has 114 valence electrons.